The number of nitrogens with two attached hydrogens (primary N) is 1. The van der Waals surface area contributed by atoms with Gasteiger partial charge in [0.1, 0.15) is 0 Å². The van der Waals surface area contributed by atoms with Crippen molar-refractivity contribution in [3.8, 4) is 0 Å². The molecule has 1 aliphatic heterocycles. The Labute approximate surface area is 111 Å². The van der Waals surface area contributed by atoms with Crippen LogP contribution in [0.1, 0.15) is 52.4 Å². The van der Waals surface area contributed by atoms with E-state index < -0.39 is 0 Å². The maximum atomic E-state index is 11.9. The maximum absolute atomic E-state index is 11.9. The van der Waals surface area contributed by atoms with Gasteiger partial charge in [-0.05, 0) is 38.6 Å². The predicted molar refractivity (Wildman–Crippen MR) is 73.3 cm³/mol. The van der Waals surface area contributed by atoms with E-state index in [4.69, 9.17) is 10.5 Å². The second-order valence-electron chi connectivity index (χ2n) is 5.68. The lowest BCUT2D eigenvalue weighted by molar-refractivity contribution is -0.123. The standard InChI is InChI=1S/C14H28N2O2/c1-3-4-12(7-9-15)5-6-13(17)16-14(2)8-10-18-11-14/h12H,3-11,15H2,1-2H3,(H,16,17). The largest absolute Gasteiger partial charge is 0.379 e. The van der Waals surface area contributed by atoms with Crippen molar-refractivity contribution in [2.24, 2.45) is 11.7 Å². The average molecular weight is 256 g/mol. The van der Waals surface area contributed by atoms with Gasteiger partial charge < -0.3 is 15.8 Å². The van der Waals surface area contributed by atoms with Crippen molar-refractivity contribution >= 4 is 5.91 Å². The summed E-state index contributed by atoms with van der Waals surface area (Å²) in [4.78, 5) is 11.9. The van der Waals surface area contributed by atoms with E-state index in [1.165, 1.54) is 6.42 Å². The van der Waals surface area contributed by atoms with Gasteiger partial charge in [-0.25, -0.2) is 0 Å². The molecular weight excluding hydrogens is 228 g/mol. The third-order valence-electron chi connectivity index (χ3n) is 3.71. The summed E-state index contributed by atoms with van der Waals surface area (Å²) in [6.07, 6.45) is 5.85. The summed E-state index contributed by atoms with van der Waals surface area (Å²) in [5, 5.41) is 3.10. The first-order valence-corrected chi connectivity index (χ1v) is 7.18. The van der Waals surface area contributed by atoms with Gasteiger partial charge in [0.2, 0.25) is 5.91 Å². The van der Waals surface area contributed by atoms with Gasteiger partial charge >= 0.3 is 0 Å². The van der Waals surface area contributed by atoms with Crippen molar-refractivity contribution in [1.29, 1.82) is 0 Å². The van der Waals surface area contributed by atoms with Crippen LogP contribution in [-0.2, 0) is 9.53 Å². The number of hydrogen-bond donors (Lipinski definition) is 2. The first-order chi connectivity index (χ1) is 8.59. The molecule has 4 nitrogen and oxygen atoms in total. The fourth-order valence-electron chi connectivity index (χ4n) is 2.58. The Hall–Kier alpha value is -0.610. The fraction of sp³-hybridized carbons (Fsp3) is 0.929. The summed E-state index contributed by atoms with van der Waals surface area (Å²) >= 11 is 0. The number of ether oxygens (including phenoxy) is 1. The highest BCUT2D eigenvalue weighted by atomic mass is 16.5. The Morgan fingerprint density at radius 1 is 1.44 bits per heavy atom. The minimum atomic E-state index is -0.148. The molecule has 2 unspecified atom stereocenters. The molecule has 4 heteroatoms. The molecule has 1 heterocycles. The van der Waals surface area contributed by atoms with Crippen LogP contribution >= 0.6 is 0 Å². The van der Waals surface area contributed by atoms with E-state index in [0.717, 1.165) is 38.8 Å². The van der Waals surface area contributed by atoms with Crippen molar-refractivity contribution in [2.75, 3.05) is 19.8 Å². The molecule has 0 aromatic carbocycles. The summed E-state index contributed by atoms with van der Waals surface area (Å²) in [5.41, 5.74) is 5.45. The molecule has 1 rings (SSSR count). The third kappa shape index (κ3) is 5.36. The van der Waals surface area contributed by atoms with E-state index in [2.05, 4.69) is 19.2 Å². The van der Waals surface area contributed by atoms with Crippen LogP contribution in [0.2, 0.25) is 0 Å². The first-order valence-electron chi connectivity index (χ1n) is 7.18. The predicted octanol–water partition coefficient (Wildman–Crippen LogP) is 1.83. The van der Waals surface area contributed by atoms with Crippen molar-refractivity contribution in [3.63, 3.8) is 0 Å². The third-order valence-corrected chi connectivity index (χ3v) is 3.71. The molecule has 3 N–H and O–H groups in total. The molecule has 106 valence electrons. The Kier molecular flexibility index (Phi) is 6.65. The van der Waals surface area contributed by atoms with E-state index in [9.17, 15) is 4.79 Å². The highest BCUT2D eigenvalue weighted by Crippen LogP contribution is 2.20. The molecule has 0 bridgehead atoms. The summed E-state index contributed by atoms with van der Waals surface area (Å²) < 4.78 is 5.33. The van der Waals surface area contributed by atoms with Gasteiger partial charge in [-0.2, -0.15) is 0 Å². The molecule has 0 aliphatic carbocycles. The number of rotatable bonds is 8. The number of amides is 1. The minimum absolute atomic E-state index is 0.148. The van der Waals surface area contributed by atoms with E-state index in [1.54, 1.807) is 0 Å². The van der Waals surface area contributed by atoms with Crippen LogP contribution in [0.25, 0.3) is 0 Å². The number of carbonyl (C=O) groups is 1. The van der Waals surface area contributed by atoms with Gasteiger partial charge in [0, 0.05) is 13.0 Å². The van der Waals surface area contributed by atoms with Crippen LogP contribution in [0.4, 0.5) is 0 Å². The molecule has 1 aliphatic rings. The molecule has 18 heavy (non-hydrogen) atoms. The highest BCUT2D eigenvalue weighted by Gasteiger charge is 2.31. The van der Waals surface area contributed by atoms with Gasteiger partial charge in [0.05, 0.1) is 12.1 Å². The molecule has 2 atom stereocenters. The van der Waals surface area contributed by atoms with Crippen molar-refractivity contribution in [3.05, 3.63) is 0 Å². The van der Waals surface area contributed by atoms with E-state index in [0.29, 0.717) is 18.9 Å². The molecular formula is C14H28N2O2. The maximum Gasteiger partial charge on any atom is 0.220 e. The highest BCUT2D eigenvalue weighted by molar-refractivity contribution is 5.76. The first kappa shape index (κ1) is 15.4. The monoisotopic (exact) mass is 256 g/mol. The molecule has 1 fully saturated rings. The van der Waals surface area contributed by atoms with E-state index in [1.807, 2.05) is 0 Å². The molecule has 1 saturated heterocycles. The molecule has 0 saturated carbocycles. The van der Waals surface area contributed by atoms with Crippen LogP contribution in [0.5, 0.6) is 0 Å². The summed E-state index contributed by atoms with van der Waals surface area (Å²) in [5.74, 6) is 0.750. The second kappa shape index (κ2) is 7.74. The molecule has 0 aromatic rings. The van der Waals surface area contributed by atoms with Gasteiger partial charge in [-0.1, -0.05) is 19.8 Å². The van der Waals surface area contributed by atoms with Crippen molar-refractivity contribution in [2.45, 2.75) is 57.9 Å². The van der Waals surface area contributed by atoms with Gasteiger partial charge in [0.25, 0.3) is 0 Å². The normalized spacial score (nSPS) is 25.1. The summed E-state index contributed by atoms with van der Waals surface area (Å²) in [6, 6.07) is 0. The fourth-order valence-corrected chi connectivity index (χ4v) is 2.58. The quantitative estimate of drug-likeness (QED) is 0.696. The molecule has 0 radical (unpaired) electrons. The topological polar surface area (TPSA) is 64.4 Å². The van der Waals surface area contributed by atoms with Crippen LogP contribution in [0.15, 0.2) is 0 Å². The zero-order valence-electron chi connectivity index (χ0n) is 11.8. The van der Waals surface area contributed by atoms with Crippen molar-refractivity contribution < 1.29 is 9.53 Å². The van der Waals surface area contributed by atoms with Crippen LogP contribution in [-0.4, -0.2) is 31.2 Å². The zero-order valence-corrected chi connectivity index (χ0v) is 11.8. The smallest absolute Gasteiger partial charge is 0.220 e. The van der Waals surface area contributed by atoms with E-state index in [-0.39, 0.29) is 11.4 Å². The Morgan fingerprint density at radius 3 is 2.78 bits per heavy atom. The number of nitrogens with one attached hydrogen (secondary N) is 1. The van der Waals surface area contributed by atoms with Crippen LogP contribution < -0.4 is 11.1 Å². The molecule has 1 amide bonds. The molecule has 0 spiro atoms. The zero-order chi connectivity index (χ0) is 13.4. The SMILES string of the molecule is CCCC(CCN)CCC(=O)NC1(C)CCOC1. The van der Waals surface area contributed by atoms with Crippen LogP contribution in [0.3, 0.4) is 0 Å². The Bertz CT molecular complexity index is 244. The van der Waals surface area contributed by atoms with Crippen LogP contribution in [0, 0.1) is 5.92 Å². The number of carbonyl (C=O) groups excluding carboxylic acids is 1. The lowest BCUT2D eigenvalue weighted by Gasteiger charge is -2.24. The van der Waals surface area contributed by atoms with Gasteiger partial charge in [-0.3, -0.25) is 4.79 Å². The Balaban J connectivity index is 2.26. The lowest BCUT2D eigenvalue weighted by atomic mass is 9.94. The Morgan fingerprint density at radius 2 is 2.22 bits per heavy atom. The van der Waals surface area contributed by atoms with E-state index >= 15 is 0 Å². The van der Waals surface area contributed by atoms with Gasteiger partial charge in [0.15, 0.2) is 0 Å². The average Bonchev–Trinajstić information content (AvgIpc) is 2.73. The van der Waals surface area contributed by atoms with Crippen molar-refractivity contribution in [1.82, 2.24) is 5.32 Å². The van der Waals surface area contributed by atoms with Gasteiger partial charge in [-0.15, -0.1) is 0 Å². The minimum Gasteiger partial charge on any atom is -0.379 e. The molecule has 0 aromatic heterocycles. The summed E-state index contributed by atoms with van der Waals surface area (Å²) in [7, 11) is 0. The summed E-state index contributed by atoms with van der Waals surface area (Å²) in [6.45, 7) is 6.35. The lowest BCUT2D eigenvalue weighted by Crippen LogP contribution is -2.46. The number of hydrogen-bond acceptors (Lipinski definition) is 3. The second-order valence-corrected chi connectivity index (χ2v) is 5.68.